The molecule has 1 aromatic carbocycles. The zero-order valence-corrected chi connectivity index (χ0v) is 10.4. The Morgan fingerprint density at radius 2 is 1.89 bits per heavy atom. The molecule has 2 rings (SSSR count). The van der Waals surface area contributed by atoms with Gasteiger partial charge in [0.25, 0.3) is 0 Å². The third-order valence-corrected chi connectivity index (χ3v) is 3.57. The Morgan fingerprint density at radius 3 is 2.50 bits per heavy atom. The maximum atomic E-state index is 9.97. The number of nitrogens with zero attached hydrogens (tertiary/aromatic N) is 1. The standard InChI is InChI=1S/C14H21NO3/c16-13-8-4-5-9-15(13)12(14(17)18)10-11-6-2-1-3-7-11/h1-3,6-7,12-14,16-18H,4-5,8-10H2. The van der Waals surface area contributed by atoms with Crippen LogP contribution in [0.15, 0.2) is 30.3 Å². The average Bonchev–Trinajstić information content (AvgIpc) is 2.38. The molecule has 1 saturated heterocycles. The van der Waals surface area contributed by atoms with E-state index in [9.17, 15) is 15.3 Å². The second kappa shape index (κ2) is 6.29. The quantitative estimate of drug-likeness (QED) is 0.690. The van der Waals surface area contributed by atoms with Gasteiger partial charge in [-0.2, -0.15) is 0 Å². The van der Waals surface area contributed by atoms with Gasteiger partial charge in [-0.3, -0.25) is 4.90 Å². The van der Waals surface area contributed by atoms with Crippen LogP contribution in [-0.4, -0.2) is 45.3 Å². The molecule has 0 saturated carbocycles. The van der Waals surface area contributed by atoms with E-state index in [-0.39, 0.29) is 0 Å². The first-order chi connectivity index (χ1) is 8.68. The fraction of sp³-hybridized carbons (Fsp3) is 0.571. The monoisotopic (exact) mass is 251 g/mol. The maximum Gasteiger partial charge on any atom is 0.167 e. The van der Waals surface area contributed by atoms with E-state index in [0.717, 1.165) is 24.9 Å². The summed E-state index contributed by atoms with van der Waals surface area (Å²) in [7, 11) is 0. The van der Waals surface area contributed by atoms with Crippen molar-refractivity contribution < 1.29 is 15.3 Å². The van der Waals surface area contributed by atoms with Crippen LogP contribution in [0.1, 0.15) is 24.8 Å². The van der Waals surface area contributed by atoms with Gasteiger partial charge in [0.2, 0.25) is 0 Å². The Kier molecular flexibility index (Phi) is 4.72. The van der Waals surface area contributed by atoms with Crippen molar-refractivity contribution in [3.63, 3.8) is 0 Å². The van der Waals surface area contributed by atoms with Gasteiger partial charge >= 0.3 is 0 Å². The molecule has 4 heteroatoms. The number of hydrogen-bond donors (Lipinski definition) is 3. The van der Waals surface area contributed by atoms with E-state index in [1.807, 2.05) is 30.3 Å². The van der Waals surface area contributed by atoms with Crippen LogP contribution >= 0.6 is 0 Å². The van der Waals surface area contributed by atoms with Gasteiger partial charge < -0.3 is 15.3 Å². The van der Waals surface area contributed by atoms with Crippen LogP contribution in [0.2, 0.25) is 0 Å². The molecule has 0 aliphatic carbocycles. The fourth-order valence-corrected chi connectivity index (χ4v) is 2.57. The van der Waals surface area contributed by atoms with Crippen molar-refractivity contribution >= 4 is 0 Å². The third-order valence-electron chi connectivity index (χ3n) is 3.57. The van der Waals surface area contributed by atoms with Crippen LogP contribution in [0.25, 0.3) is 0 Å². The number of likely N-dealkylation sites (tertiary alicyclic amines) is 1. The first kappa shape index (κ1) is 13.5. The van der Waals surface area contributed by atoms with Gasteiger partial charge in [0.05, 0.1) is 6.04 Å². The summed E-state index contributed by atoms with van der Waals surface area (Å²) in [4.78, 5) is 1.81. The highest BCUT2D eigenvalue weighted by molar-refractivity contribution is 5.16. The minimum absolute atomic E-state index is 0.442. The predicted octanol–water partition coefficient (Wildman–Crippen LogP) is 0.713. The molecule has 2 atom stereocenters. The van der Waals surface area contributed by atoms with E-state index in [4.69, 9.17) is 0 Å². The lowest BCUT2D eigenvalue weighted by atomic mass is 10.0. The molecular weight excluding hydrogens is 230 g/mol. The number of piperidine rings is 1. The van der Waals surface area contributed by atoms with Gasteiger partial charge in [-0.05, 0) is 31.2 Å². The van der Waals surface area contributed by atoms with Gasteiger partial charge in [-0.25, -0.2) is 0 Å². The van der Waals surface area contributed by atoms with Crippen molar-refractivity contribution in [3.8, 4) is 0 Å². The first-order valence-corrected chi connectivity index (χ1v) is 6.52. The lowest BCUT2D eigenvalue weighted by Gasteiger charge is -2.39. The van der Waals surface area contributed by atoms with Crippen LogP contribution in [0, 0.1) is 0 Å². The number of aliphatic hydroxyl groups excluding tert-OH is 2. The molecule has 1 aliphatic rings. The zero-order chi connectivity index (χ0) is 13.0. The molecule has 0 radical (unpaired) electrons. The predicted molar refractivity (Wildman–Crippen MR) is 68.7 cm³/mol. The van der Waals surface area contributed by atoms with Gasteiger partial charge in [-0.1, -0.05) is 30.3 Å². The topological polar surface area (TPSA) is 63.9 Å². The van der Waals surface area contributed by atoms with Crippen molar-refractivity contribution in [1.29, 1.82) is 0 Å². The van der Waals surface area contributed by atoms with Gasteiger partial charge in [-0.15, -0.1) is 0 Å². The van der Waals surface area contributed by atoms with Gasteiger partial charge in [0.15, 0.2) is 6.29 Å². The van der Waals surface area contributed by atoms with Crippen molar-refractivity contribution in [2.75, 3.05) is 6.54 Å². The van der Waals surface area contributed by atoms with Crippen LogP contribution in [-0.2, 0) is 6.42 Å². The smallest absolute Gasteiger partial charge is 0.167 e. The van der Waals surface area contributed by atoms with E-state index in [0.29, 0.717) is 12.8 Å². The summed E-state index contributed by atoms with van der Waals surface area (Å²) >= 11 is 0. The highest BCUT2D eigenvalue weighted by atomic mass is 16.5. The zero-order valence-electron chi connectivity index (χ0n) is 10.4. The van der Waals surface area contributed by atoms with E-state index in [2.05, 4.69) is 0 Å². The Balaban J connectivity index is 2.08. The second-order valence-electron chi connectivity index (χ2n) is 4.88. The summed E-state index contributed by atoms with van der Waals surface area (Å²) in [5.74, 6) is 0. The summed E-state index contributed by atoms with van der Waals surface area (Å²) in [6.07, 6.45) is 1.24. The number of rotatable bonds is 4. The molecule has 3 N–H and O–H groups in total. The Morgan fingerprint density at radius 1 is 1.17 bits per heavy atom. The molecule has 2 unspecified atom stereocenters. The molecule has 1 fully saturated rings. The van der Waals surface area contributed by atoms with Crippen LogP contribution < -0.4 is 0 Å². The van der Waals surface area contributed by atoms with Crippen molar-refractivity contribution in [2.24, 2.45) is 0 Å². The normalized spacial score (nSPS) is 23.2. The summed E-state index contributed by atoms with van der Waals surface area (Å²) in [6, 6.07) is 9.29. The third kappa shape index (κ3) is 3.29. The molecule has 0 aromatic heterocycles. The average molecular weight is 251 g/mol. The van der Waals surface area contributed by atoms with Gasteiger partial charge in [0, 0.05) is 6.54 Å². The van der Waals surface area contributed by atoms with E-state index in [1.165, 1.54) is 0 Å². The highest BCUT2D eigenvalue weighted by Crippen LogP contribution is 2.21. The van der Waals surface area contributed by atoms with Crippen LogP contribution in [0.4, 0.5) is 0 Å². The summed E-state index contributed by atoms with van der Waals surface area (Å²) < 4.78 is 0. The minimum Gasteiger partial charge on any atom is -0.378 e. The maximum absolute atomic E-state index is 9.97. The molecule has 0 spiro atoms. The van der Waals surface area contributed by atoms with Crippen molar-refractivity contribution in [1.82, 2.24) is 4.90 Å². The van der Waals surface area contributed by atoms with Crippen molar-refractivity contribution in [3.05, 3.63) is 35.9 Å². The van der Waals surface area contributed by atoms with Crippen molar-refractivity contribution in [2.45, 2.75) is 44.2 Å². The first-order valence-electron chi connectivity index (χ1n) is 6.52. The molecular formula is C14H21NO3. The fourth-order valence-electron chi connectivity index (χ4n) is 2.57. The molecule has 18 heavy (non-hydrogen) atoms. The molecule has 1 heterocycles. The highest BCUT2D eigenvalue weighted by Gasteiger charge is 2.31. The number of aliphatic hydroxyl groups is 3. The molecule has 1 aliphatic heterocycles. The molecule has 0 amide bonds. The lowest BCUT2D eigenvalue weighted by molar-refractivity contribution is -0.146. The Hall–Kier alpha value is -0.940. The minimum atomic E-state index is -1.43. The van der Waals surface area contributed by atoms with E-state index >= 15 is 0 Å². The number of hydrogen-bond acceptors (Lipinski definition) is 4. The Labute approximate surface area is 107 Å². The van der Waals surface area contributed by atoms with Crippen LogP contribution in [0.5, 0.6) is 0 Å². The van der Waals surface area contributed by atoms with Gasteiger partial charge in [0.1, 0.15) is 6.23 Å². The molecule has 1 aromatic rings. The summed E-state index contributed by atoms with van der Waals surface area (Å²) in [6.45, 7) is 0.719. The lowest BCUT2D eigenvalue weighted by Crippen LogP contribution is -2.52. The van der Waals surface area contributed by atoms with E-state index in [1.54, 1.807) is 4.90 Å². The second-order valence-corrected chi connectivity index (χ2v) is 4.88. The largest absolute Gasteiger partial charge is 0.378 e. The van der Waals surface area contributed by atoms with E-state index < -0.39 is 18.6 Å². The SMILES string of the molecule is OC(O)C(Cc1ccccc1)N1CCCCC1O. The van der Waals surface area contributed by atoms with Crippen LogP contribution in [0.3, 0.4) is 0 Å². The number of benzene rings is 1. The molecule has 0 bridgehead atoms. The molecule has 100 valence electrons. The Bertz CT molecular complexity index is 355. The molecule has 4 nitrogen and oxygen atoms in total. The summed E-state index contributed by atoms with van der Waals surface area (Å²) in [5.41, 5.74) is 1.05. The summed E-state index contributed by atoms with van der Waals surface area (Å²) in [5, 5.41) is 29.1.